The Labute approximate surface area is 208 Å². The van der Waals surface area contributed by atoms with E-state index in [1.54, 1.807) is 24.1 Å². The van der Waals surface area contributed by atoms with E-state index in [-0.39, 0.29) is 64.5 Å². The molecule has 1 aromatic carbocycles. The number of nitriles is 1. The molecular formula is C23H27FN5OY-. The fourth-order valence-corrected chi connectivity index (χ4v) is 3.66. The summed E-state index contributed by atoms with van der Waals surface area (Å²) in [5.41, 5.74) is 1.57. The van der Waals surface area contributed by atoms with Gasteiger partial charge in [-0.25, -0.2) is 9.37 Å². The Morgan fingerprint density at radius 3 is 2.61 bits per heavy atom. The van der Waals surface area contributed by atoms with E-state index >= 15 is 4.39 Å². The number of nitrogens with zero attached hydrogens (tertiary/aromatic N) is 3. The third-order valence-corrected chi connectivity index (χ3v) is 5.62. The molecule has 2 N–H and O–H groups in total. The molecule has 2 heterocycles. The molecule has 6 nitrogen and oxygen atoms in total. The summed E-state index contributed by atoms with van der Waals surface area (Å²) in [4.78, 5) is 18.8. The zero-order chi connectivity index (χ0) is 21.7. The molecule has 1 radical (unpaired) electrons. The average molecular weight is 497 g/mol. The molecule has 2 aromatic rings. The largest absolute Gasteiger partial charge is 0.373 e. The predicted molar refractivity (Wildman–Crippen MR) is 114 cm³/mol. The van der Waals surface area contributed by atoms with Crippen molar-refractivity contribution in [2.45, 2.75) is 44.9 Å². The number of halogens is 1. The monoisotopic (exact) mass is 497 g/mol. The van der Waals surface area contributed by atoms with Crippen LogP contribution in [0.25, 0.3) is 0 Å². The minimum absolute atomic E-state index is 0. The number of carbonyl (C=O) groups is 1. The van der Waals surface area contributed by atoms with Crippen LogP contribution in [-0.2, 0) is 39.3 Å². The summed E-state index contributed by atoms with van der Waals surface area (Å²) in [5.74, 6) is 0.635. The first-order chi connectivity index (χ1) is 14.4. The normalized spacial score (nSPS) is 16.0. The Morgan fingerprint density at radius 1 is 1.32 bits per heavy atom. The van der Waals surface area contributed by atoms with Gasteiger partial charge < -0.3 is 10.2 Å². The van der Waals surface area contributed by atoms with Crippen LogP contribution in [0.15, 0.2) is 30.3 Å². The third kappa shape index (κ3) is 6.09. The molecule has 31 heavy (non-hydrogen) atoms. The van der Waals surface area contributed by atoms with Crippen molar-refractivity contribution in [1.29, 1.82) is 5.26 Å². The Balaban J connectivity index is 0.00000341. The Morgan fingerprint density at radius 2 is 2.03 bits per heavy atom. The van der Waals surface area contributed by atoms with Gasteiger partial charge in [0, 0.05) is 72.2 Å². The number of aromatic nitrogens is 1. The number of benzene rings is 1. The predicted octanol–water partition coefficient (Wildman–Crippen LogP) is 3.16. The van der Waals surface area contributed by atoms with Crippen molar-refractivity contribution < 1.29 is 41.9 Å². The first-order valence-corrected chi connectivity index (χ1v) is 10.1. The van der Waals surface area contributed by atoms with Gasteiger partial charge in [0.2, 0.25) is 0 Å². The molecule has 3 rings (SSSR count). The molecule has 0 aliphatic carbocycles. The number of alkyl halides is 1. The molecule has 1 saturated heterocycles. The SMILES string of the molecule is CNc1nc(CNC(C#N)C2(F)CCN(C(=O)c3c[c-]c(C)cc3)CC2)ccc1C.[Y]. The number of nitrogens with one attached hydrogen (secondary N) is 2. The van der Waals surface area contributed by atoms with Crippen LogP contribution in [0.4, 0.5) is 10.2 Å². The number of rotatable bonds is 6. The van der Waals surface area contributed by atoms with Crippen molar-refractivity contribution in [2.24, 2.45) is 0 Å². The fourth-order valence-electron chi connectivity index (χ4n) is 3.66. The number of likely N-dealkylation sites (tertiary alicyclic amines) is 1. The number of aryl methyl sites for hydroxylation is 2. The Bertz CT molecular complexity index is 936. The molecule has 8 heteroatoms. The second-order valence-electron chi connectivity index (χ2n) is 7.75. The van der Waals surface area contributed by atoms with Gasteiger partial charge in [-0.1, -0.05) is 18.6 Å². The van der Waals surface area contributed by atoms with E-state index in [1.165, 1.54) is 0 Å². The van der Waals surface area contributed by atoms with Crippen LogP contribution in [-0.4, -0.2) is 47.6 Å². The number of anilines is 1. The summed E-state index contributed by atoms with van der Waals surface area (Å²) in [6.45, 7) is 4.70. The van der Waals surface area contributed by atoms with Gasteiger partial charge in [0.1, 0.15) is 17.5 Å². The van der Waals surface area contributed by atoms with Crippen molar-refractivity contribution in [1.82, 2.24) is 15.2 Å². The van der Waals surface area contributed by atoms with Crippen LogP contribution < -0.4 is 10.6 Å². The van der Waals surface area contributed by atoms with E-state index in [0.29, 0.717) is 12.1 Å². The summed E-state index contributed by atoms with van der Waals surface area (Å²) >= 11 is 0. The Hall–Kier alpha value is -1.88. The maximum atomic E-state index is 15.6. The molecule has 0 spiro atoms. The molecular weight excluding hydrogens is 470 g/mol. The second kappa shape index (κ2) is 11.1. The maximum absolute atomic E-state index is 15.6. The molecule has 1 fully saturated rings. The van der Waals surface area contributed by atoms with E-state index < -0.39 is 11.7 Å². The van der Waals surface area contributed by atoms with E-state index in [4.69, 9.17) is 0 Å². The summed E-state index contributed by atoms with van der Waals surface area (Å²) in [5, 5.41) is 15.6. The summed E-state index contributed by atoms with van der Waals surface area (Å²) in [6.07, 6.45) is 0.227. The number of pyridine rings is 1. The topological polar surface area (TPSA) is 81.1 Å². The van der Waals surface area contributed by atoms with Gasteiger partial charge in [-0.3, -0.25) is 10.1 Å². The zero-order valence-corrected chi connectivity index (χ0v) is 21.0. The van der Waals surface area contributed by atoms with Crippen molar-refractivity contribution in [3.05, 3.63) is 58.8 Å². The van der Waals surface area contributed by atoms with Gasteiger partial charge in [0.05, 0.1) is 11.8 Å². The van der Waals surface area contributed by atoms with Gasteiger partial charge in [0.25, 0.3) is 0 Å². The van der Waals surface area contributed by atoms with E-state index in [9.17, 15) is 10.1 Å². The van der Waals surface area contributed by atoms with E-state index in [2.05, 4.69) is 27.8 Å². The molecule has 0 bridgehead atoms. The van der Waals surface area contributed by atoms with Crippen LogP contribution in [0.2, 0.25) is 0 Å². The van der Waals surface area contributed by atoms with Crippen molar-refractivity contribution >= 4 is 11.7 Å². The molecule has 1 aliphatic rings. The quantitative estimate of drug-likeness (QED) is 0.600. The number of hydrogen-bond acceptors (Lipinski definition) is 5. The Kier molecular flexibility index (Phi) is 9.11. The molecule has 1 atom stereocenters. The van der Waals surface area contributed by atoms with Gasteiger partial charge in [-0.2, -0.15) is 35.1 Å². The van der Waals surface area contributed by atoms with Crippen LogP contribution in [0.3, 0.4) is 0 Å². The van der Waals surface area contributed by atoms with Crippen LogP contribution in [0, 0.1) is 31.2 Å². The van der Waals surface area contributed by atoms with Crippen molar-refractivity contribution in [2.75, 3.05) is 25.5 Å². The molecule has 0 saturated carbocycles. The minimum Gasteiger partial charge on any atom is -0.373 e. The van der Waals surface area contributed by atoms with Crippen LogP contribution in [0.5, 0.6) is 0 Å². The minimum atomic E-state index is -1.69. The maximum Gasteiger partial charge on any atom is 0.198 e. The van der Waals surface area contributed by atoms with Gasteiger partial charge >= 0.3 is 0 Å². The molecule has 1 aliphatic heterocycles. The first kappa shape index (κ1) is 25.4. The first-order valence-electron chi connectivity index (χ1n) is 10.1. The van der Waals surface area contributed by atoms with Gasteiger partial charge in [-0.05, 0) is 18.6 Å². The van der Waals surface area contributed by atoms with E-state index in [0.717, 1.165) is 22.6 Å². The number of amides is 1. The molecule has 1 amide bonds. The van der Waals surface area contributed by atoms with Crippen molar-refractivity contribution in [3.8, 4) is 6.07 Å². The van der Waals surface area contributed by atoms with Crippen LogP contribution >= 0.6 is 0 Å². The van der Waals surface area contributed by atoms with Crippen LogP contribution in [0.1, 0.15) is 40.0 Å². The molecule has 161 valence electrons. The summed E-state index contributed by atoms with van der Waals surface area (Å²) < 4.78 is 15.6. The zero-order valence-electron chi connectivity index (χ0n) is 18.2. The molecule has 1 unspecified atom stereocenters. The number of hydrogen-bond donors (Lipinski definition) is 2. The fraction of sp³-hybridized carbons (Fsp3) is 0.435. The smallest absolute Gasteiger partial charge is 0.198 e. The van der Waals surface area contributed by atoms with Crippen molar-refractivity contribution in [3.63, 3.8) is 0 Å². The summed E-state index contributed by atoms with van der Waals surface area (Å²) in [7, 11) is 1.80. The average Bonchev–Trinajstić information content (AvgIpc) is 2.75. The van der Waals surface area contributed by atoms with Gasteiger partial charge in [0.15, 0.2) is 5.91 Å². The standard InChI is InChI=1S/C23H27FN5O.Y/c1-16-4-7-18(8-5-16)22(30)29-12-10-23(24,11-13-29)20(14-25)27-15-19-9-6-17(2)21(26-3)28-19;/h4,6-9,20,27H,10-13,15H2,1-3H3,(H,26,28);/q-1;. The summed E-state index contributed by atoms with van der Waals surface area (Å²) in [6, 6.07) is 13.2. The third-order valence-electron chi connectivity index (χ3n) is 5.62. The number of carbonyl (C=O) groups excluding carboxylic acids is 1. The van der Waals surface area contributed by atoms with Gasteiger partial charge in [-0.15, -0.1) is 0 Å². The number of piperidine rings is 1. The second-order valence-corrected chi connectivity index (χ2v) is 7.75. The van der Waals surface area contributed by atoms with E-state index in [1.807, 2.05) is 32.0 Å². The molecule has 1 aromatic heterocycles.